The van der Waals surface area contributed by atoms with E-state index in [1.807, 2.05) is 42.5 Å². The fourth-order valence-corrected chi connectivity index (χ4v) is 3.84. The van der Waals surface area contributed by atoms with Gasteiger partial charge in [-0.15, -0.1) is 0 Å². The van der Waals surface area contributed by atoms with Gasteiger partial charge in [-0.05, 0) is 55.0 Å². The van der Waals surface area contributed by atoms with Crippen molar-refractivity contribution in [3.63, 3.8) is 0 Å². The molecule has 4 heteroatoms. The average Bonchev–Trinajstić information content (AvgIpc) is 3.62. The number of aromatic nitrogens is 2. The fraction of sp³-hybridized carbons (Fsp3) is 0.304. The van der Waals surface area contributed by atoms with Crippen LogP contribution in [0.5, 0.6) is 0 Å². The molecule has 2 aliphatic carbocycles. The van der Waals surface area contributed by atoms with Gasteiger partial charge in [0.25, 0.3) is 0 Å². The Morgan fingerprint density at radius 2 is 1.56 bits per heavy atom. The average molecular weight is 357 g/mol. The molecule has 1 amide bonds. The molecular weight excluding hydrogens is 334 g/mol. The Balaban J connectivity index is 1.49. The molecule has 2 aromatic carbocycles. The zero-order chi connectivity index (χ0) is 18.4. The summed E-state index contributed by atoms with van der Waals surface area (Å²) in [5.74, 6) is 0.540. The van der Waals surface area contributed by atoms with Crippen LogP contribution in [0.25, 0.3) is 5.69 Å². The molecule has 1 aromatic heterocycles. The summed E-state index contributed by atoms with van der Waals surface area (Å²) in [6, 6.07) is 20.1. The SMILES string of the molecule is NC(=O)C(c1ccccc1)c1ccc(-n2nc(C3CC3)cc2C2CC2)cc1. The van der Waals surface area contributed by atoms with Crippen LogP contribution in [0, 0.1) is 0 Å². The molecule has 0 aliphatic heterocycles. The van der Waals surface area contributed by atoms with E-state index in [0.717, 1.165) is 16.8 Å². The van der Waals surface area contributed by atoms with Crippen molar-refractivity contribution in [2.45, 2.75) is 43.4 Å². The number of primary amides is 1. The monoisotopic (exact) mass is 357 g/mol. The number of carbonyl (C=O) groups is 1. The maximum absolute atomic E-state index is 12.1. The number of amides is 1. The normalized spacial score (nSPS) is 17.6. The van der Waals surface area contributed by atoms with E-state index in [0.29, 0.717) is 11.8 Å². The van der Waals surface area contributed by atoms with Gasteiger partial charge in [0.1, 0.15) is 0 Å². The zero-order valence-electron chi connectivity index (χ0n) is 15.2. The second kappa shape index (κ2) is 6.38. The van der Waals surface area contributed by atoms with Gasteiger partial charge >= 0.3 is 0 Å². The van der Waals surface area contributed by atoms with Gasteiger partial charge in [0, 0.05) is 17.5 Å². The lowest BCUT2D eigenvalue weighted by Crippen LogP contribution is -2.22. The Morgan fingerprint density at radius 3 is 2.15 bits per heavy atom. The quantitative estimate of drug-likeness (QED) is 0.717. The molecule has 2 aliphatic rings. The highest BCUT2D eigenvalue weighted by Gasteiger charge is 2.33. The van der Waals surface area contributed by atoms with Crippen LogP contribution in [0.3, 0.4) is 0 Å². The van der Waals surface area contributed by atoms with Crippen LogP contribution in [0.2, 0.25) is 0 Å². The van der Waals surface area contributed by atoms with Crippen molar-refractivity contribution in [3.05, 3.63) is 83.2 Å². The summed E-state index contributed by atoms with van der Waals surface area (Å²) in [6.07, 6.45) is 5.03. The summed E-state index contributed by atoms with van der Waals surface area (Å²) in [5, 5.41) is 4.90. The van der Waals surface area contributed by atoms with Gasteiger partial charge < -0.3 is 5.73 Å². The van der Waals surface area contributed by atoms with Crippen molar-refractivity contribution >= 4 is 5.91 Å². The Bertz CT molecular complexity index is 967. The summed E-state index contributed by atoms with van der Waals surface area (Å²) in [4.78, 5) is 12.1. The van der Waals surface area contributed by atoms with Gasteiger partial charge in [-0.25, -0.2) is 4.68 Å². The molecule has 27 heavy (non-hydrogen) atoms. The lowest BCUT2D eigenvalue weighted by Gasteiger charge is -2.15. The van der Waals surface area contributed by atoms with Crippen LogP contribution in [0.1, 0.15) is 66.0 Å². The van der Waals surface area contributed by atoms with E-state index in [-0.39, 0.29) is 5.91 Å². The first kappa shape index (κ1) is 16.3. The maximum atomic E-state index is 12.1. The summed E-state index contributed by atoms with van der Waals surface area (Å²) in [6.45, 7) is 0. The van der Waals surface area contributed by atoms with Crippen LogP contribution in [-0.4, -0.2) is 15.7 Å². The van der Waals surface area contributed by atoms with Crippen molar-refractivity contribution in [3.8, 4) is 5.69 Å². The number of nitrogens with two attached hydrogens (primary N) is 1. The van der Waals surface area contributed by atoms with E-state index in [2.05, 4.69) is 22.9 Å². The molecule has 1 atom stereocenters. The molecule has 2 N–H and O–H groups in total. The fourth-order valence-electron chi connectivity index (χ4n) is 3.84. The van der Waals surface area contributed by atoms with Crippen molar-refractivity contribution in [1.29, 1.82) is 0 Å². The van der Waals surface area contributed by atoms with Gasteiger partial charge in [0.15, 0.2) is 0 Å². The second-order valence-electron chi connectivity index (χ2n) is 7.79. The standard InChI is InChI=1S/C23H23N3O/c24-23(27)22(17-4-2-1-3-5-17)18-10-12-19(13-11-18)26-21(16-8-9-16)14-20(25-26)15-6-7-15/h1-5,10-16,22H,6-9H2,(H2,24,27). The highest BCUT2D eigenvalue weighted by Crippen LogP contribution is 2.45. The molecule has 3 aromatic rings. The number of nitrogens with zero attached hydrogens (tertiary/aromatic N) is 2. The lowest BCUT2D eigenvalue weighted by molar-refractivity contribution is -0.118. The van der Waals surface area contributed by atoms with E-state index >= 15 is 0 Å². The predicted molar refractivity (Wildman–Crippen MR) is 105 cm³/mol. The van der Waals surface area contributed by atoms with Crippen LogP contribution in [-0.2, 0) is 4.79 Å². The zero-order valence-corrected chi connectivity index (χ0v) is 15.2. The number of benzene rings is 2. The molecule has 0 bridgehead atoms. The molecule has 4 nitrogen and oxygen atoms in total. The molecule has 1 heterocycles. The number of hydrogen-bond acceptors (Lipinski definition) is 2. The smallest absolute Gasteiger partial charge is 0.229 e. The van der Waals surface area contributed by atoms with Gasteiger partial charge in [-0.2, -0.15) is 5.10 Å². The Morgan fingerprint density at radius 1 is 0.926 bits per heavy atom. The number of rotatable bonds is 6. The van der Waals surface area contributed by atoms with Gasteiger partial charge in [-0.1, -0.05) is 42.5 Å². The first-order valence-electron chi connectivity index (χ1n) is 9.75. The van der Waals surface area contributed by atoms with Gasteiger partial charge in [-0.3, -0.25) is 4.79 Å². The van der Waals surface area contributed by atoms with Crippen LogP contribution in [0.15, 0.2) is 60.7 Å². The third-order valence-corrected chi connectivity index (χ3v) is 5.64. The third kappa shape index (κ3) is 3.16. The van der Waals surface area contributed by atoms with Gasteiger partial charge in [0.05, 0.1) is 17.3 Å². The minimum atomic E-state index is -0.428. The minimum absolute atomic E-state index is 0.331. The van der Waals surface area contributed by atoms with E-state index in [4.69, 9.17) is 10.8 Å². The Hall–Kier alpha value is -2.88. The molecular formula is C23H23N3O. The molecule has 136 valence electrons. The summed E-state index contributed by atoms with van der Waals surface area (Å²) >= 11 is 0. The highest BCUT2D eigenvalue weighted by molar-refractivity contribution is 5.85. The number of hydrogen-bond donors (Lipinski definition) is 1. The van der Waals surface area contributed by atoms with Crippen molar-refractivity contribution in [1.82, 2.24) is 9.78 Å². The first-order valence-corrected chi connectivity index (χ1v) is 9.75. The summed E-state index contributed by atoms with van der Waals surface area (Å²) in [5.41, 5.74) is 11.2. The van der Waals surface area contributed by atoms with Crippen molar-refractivity contribution in [2.24, 2.45) is 5.73 Å². The Labute approximate surface area is 159 Å². The summed E-state index contributed by atoms with van der Waals surface area (Å²) < 4.78 is 2.11. The van der Waals surface area contributed by atoms with Gasteiger partial charge in [0.2, 0.25) is 5.91 Å². The van der Waals surface area contributed by atoms with E-state index < -0.39 is 5.92 Å². The lowest BCUT2D eigenvalue weighted by atomic mass is 9.90. The van der Waals surface area contributed by atoms with E-state index in [9.17, 15) is 4.79 Å². The molecule has 0 saturated heterocycles. The topological polar surface area (TPSA) is 60.9 Å². The molecule has 2 fully saturated rings. The predicted octanol–water partition coefficient (Wildman–Crippen LogP) is 4.24. The molecule has 0 spiro atoms. The largest absolute Gasteiger partial charge is 0.369 e. The van der Waals surface area contributed by atoms with Crippen molar-refractivity contribution < 1.29 is 4.79 Å². The molecule has 0 radical (unpaired) electrons. The van der Waals surface area contributed by atoms with Crippen LogP contribution in [0.4, 0.5) is 0 Å². The summed E-state index contributed by atoms with van der Waals surface area (Å²) in [7, 11) is 0. The molecule has 1 unspecified atom stereocenters. The Kier molecular flexibility index (Phi) is 3.85. The second-order valence-corrected chi connectivity index (χ2v) is 7.79. The van der Waals surface area contributed by atoms with E-state index in [1.165, 1.54) is 37.1 Å². The van der Waals surface area contributed by atoms with Crippen LogP contribution >= 0.6 is 0 Å². The molecule has 5 rings (SSSR count). The highest BCUT2D eigenvalue weighted by atomic mass is 16.1. The first-order chi connectivity index (χ1) is 13.2. The number of carbonyl (C=O) groups excluding carboxylic acids is 1. The van der Waals surface area contributed by atoms with E-state index in [1.54, 1.807) is 0 Å². The third-order valence-electron chi connectivity index (χ3n) is 5.64. The minimum Gasteiger partial charge on any atom is -0.369 e. The maximum Gasteiger partial charge on any atom is 0.229 e. The van der Waals surface area contributed by atoms with Crippen molar-refractivity contribution in [2.75, 3.05) is 0 Å². The van der Waals surface area contributed by atoms with Crippen LogP contribution < -0.4 is 5.73 Å². The molecule has 2 saturated carbocycles.